The van der Waals surface area contributed by atoms with Crippen molar-refractivity contribution in [1.82, 2.24) is 30.7 Å². The van der Waals surface area contributed by atoms with Gasteiger partial charge in [-0.3, -0.25) is 15.0 Å². The smallest absolute Gasteiger partial charge is 0.227 e. The number of rotatable bonds is 5. The first-order valence-corrected chi connectivity index (χ1v) is 10.7. The van der Waals surface area contributed by atoms with Crippen molar-refractivity contribution in [3.05, 3.63) is 48.8 Å². The predicted octanol–water partition coefficient (Wildman–Crippen LogP) is 3.59. The molecule has 4 N–H and O–H groups in total. The molecule has 8 nitrogen and oxygen atoms in total. The van der Waals surface area contributed by atoms with Crippen LogP contribution in [0.4, 0.5) is 5.69 Å². The van der Waals surface area contributed by atoms with Crippen LogP contribution in [0, 0.1) is 11.8 Å². The van der Waals surface area contributed by atoms with Crippen LogP contribution in [0.2, 0.25) is 0 Å². The fourth-order valence-electron chi connectivity index (χ4n) is 4.24. The molecular formula is C23H25N7O. The molecule has 2 unspecified atom stereocenters. The normalized spacial score (nSPS) is 17.5. The number of hydrogen-bond donors (Lipinski definition) is 4. The Balaban J connectivity index is 1.40. The number of hydrogen-bond acceptors (Lipinski definition) is 5. The lowest BCUT2D eigenvalue weighted by atomic mass is 9.87. The lowest BCUT2D eigenvalue weighted by molar-refractivity contribution is -0.121. The van der Waals surface area contributed by atoms with E-state index in [-0.39, 0.29) is 11.8 Å². The van der Waals surface area contributed by atoms with Gasteiger partial charge in [0, 0.05) is 28.1 Å². The molecule has 1 fully saturated rings. The van der Waals surface area contributed by atoms with Gasteiger partial charge in [0.15, 0.2) is 5.82 Å². The summed E-state index contributed by atoms with van der Waals surface area (Å²) in [7, 11) is 0. The monoisotopic (exact) mass is 415 g/mol. The zero-order valence-corrected chi connectivity index (χ0v) is 17.4. The molecule has 5 rings (SSSR count). The maximum Gasteiger partial charge on any atom is 0.227 e. The van der Waals surface area contributed by atoms with Gasteiger partial charge in [0.1, 0.15) is 6.33 Å². The minimum atomic E-state index is -0.0356. The van der Waals surface area contributed by atoms with Crippen LogP contribution < -0.4 is 10.6 Å². The molecule has 4 aromatic rings. The number of aromatic nitrogens is 5. The topological polar surface area (TPSA) is 111 Å². The Kier molecular flexibility index (Phi) is 5.21. The van der Waals surface area contributed by atoms with Gasteiger partial charge in [0.05, 0.1) is 11.2 Å². The van der Waals surface area contributed by atoms with E-state index in [0.29, 0.717) is 11.7 Å². The van der Waals surface area contributed by atoms with E-state index in [0.717, 1.165) is 59.3 Å². The van der Waals surface area contributed by atoms with Crippen LogP contribution in [-0.4, -0.2) is 44.4 Å². The van der Waals surface area contributed by atoms with Gasteiger partial charge < -0.3 is 10.6 Å². The largest absolute Gasteiger partial charge is 0.326 e. The second-order valence-corrected chi connectivity index (χ2v) is 8.12. The average molecular weight is 416 g/mol. The average Bonchev–Trinajstić information content (AvgIpc) is 3.49. The molecule has 2 atom stereocenters. The van der Waals surface area contributed by atoms with Crippen LogP contribution in [0.15, 0.2) is 48.8 Å². The highest BCUT2D eigenvalue weighted by atomic mass is 16.1. The fourth-order valence-corrected chi connectivity index (χ4v) is 4.24. The predicted molar refractivity (Wildman–Crippen MR) is 120 cm³/mol. The molecule has 2 aromatic heterocycles. The summed E-state index contributed by atoms with van der Waals surface area (Å²) in [6, 6.07) is 13.8. The highest BCUT2D eigenvalue weighted by molar-refractivity contribution is 5.97. The van der Waals surface area contributed by atoms with Crippen molar-refractivity contribution in [1.29, 1.82) is 0 Å². The van der Waals surface area contributed by atoms with Crippen molar-refractivity contribution in [2.24, 2.45) is 11.8 Å². The summed E-state index contributed by atoms with van der Waals surface area (Å²) in [6.45, 7) is 3.96. The molecular weight excluding hydrogens is 390 g/mol. The van der Waals surface area contributed by atoms with Gasteiger partial charge in [-0.15, -0.1) is 0 Å². The number of benzene rings is 2. The standard InChI is InChI=1S/C23H25N7O/c1-14(17-5-3-9-24-12-17)23(31)27-18-6-2-4-15(10-18)21-19-11-16(22-25-13-26-30-22)7-8-20(19)28-29-21/h2,4,6-8,10-11,13-14,17,24H,3,5,9,12H2,1H3,(H,27,31)(H,28,29)(H,25,26,30). The summed E-state index contributed by atoms with van der Waals surface area (Å²) < 4.78 is 0. The number of anilines is 1. The van der Waals surface area contributed by atoms with E-state index in [2.05, 4.69) is 36.0 Å². The first kappa shape index (κ1) is 19.4. The zero-order valence-electron chi connectivity index (χ0n) is 17.4. The number of fused-ring (bicyclic) bond motifs is 1. The highest BCUT2D eigenvalue weighted by Gasteiger charge is 2.25. The molecule has 2 aromatic carbocycles. The van der Waals surface area contributed by atoms with Gasteiger partial charge >= 0.3 is 0 Å². The molecule has 158 valence electrons. The van der Waals surface area contributed by atoms with Crippen LogP contribution in [0.5, 0.6) is 0 Å². The maximum absolute atomic E-state index is 12.8. The molecule has 31 heavy (non-hydrogen) atoms. The summed E-state index contributed by atoms with van der Waals surface area (Å²) in [5.41, 5.74) is 4.38. The van der Waals surface area contributed by atoms with E-state index < -0.39 is 0 Å². The number of carbonyl (C=O) groups is 1. The van der Waals surface area contributed by atoms with Gasteiger partial charge in [-0.25, -0.2) is 4.98 Å². The lowest BCUT2D eigenvalue weighted by Gasteiger charge is -2.27. The Labute approximate surface area is 179 Å². The number of amides is 1. The fraction of sp³-hybridized carbons (Fsp3) is 0.304. The van der Waals surface area contributed by atoms with Crippen LogP contribution in [-0.2, 0) is 4.79 Å². The summed E-state index contributed by atoms with van der Waals surface area (Å²) in [5, 5.41) is 22.0. The number of aromatic amines is 2. The number of nitrogens with one attached hydrogen (secondary N) is 4. The van der Waals surface area contributed by atoms with E-state index in [4.69, 9.17) is 0 Å². The molecule has 1 aliphatic rings. The summed E-state index contributed by atoms with van der Waals surface area (Å²) >= 11 is 0. The molecule has 1 amide bonds. The minimum absolute atomic E-state index is 0.0356. The lowest BCUT2D eigenvalue weighted by Crippen LogP contribution is -2.37. The van der Waals surface area contributed by atoms with Gasteiger partial charge in [-0.2, -0.15) is 10.2 Å². The van der Waals surface area contributed by atoms with Crippen molar-refractivity contribution < 1.29 is 4.79 Å². The van der Waals surface area contributed by atoms with E-state index in [1.165, 1.54) is 0 Å². The number of piperidine rings is 1. The Bertz CT molecular complexity index is 1190. The highest BCUT2D eigenvalue weighted by Crippen LogP contribution is 2.31. The molecule has 0 aliphatic carbocycles. The van der Waals surface area contributed by atoms with Crippen LogP contribution in [0.3, 0.4) is 0 Å². The van der Waals surface area contributed by atoms with Crippen molar-refractivity contribution in [3.8, 4) is 22.6 Å². The third-order valence-corrected chi connectivity index (χ3v) is 6.10. The minimum Gasteiger partial charge on any atom is -0.326 e. The quantitative estimate of drug-likeness (QED) is 0.398. The van der Waals surface area contributed by atoms with E-state index >= 15 is 0 Å². The van der Waals surface area contributed by atoms with Crippen molar-refractivity contribution >= 4 is 22.5 Å². The summed E-state index contributed by atoms with van der Waals surface area (Å²) in [6.07, 6.45) is 3.78. The van der Waals surface area contributed by atoms with Crippen molar-refractivity contribution in [2.75, 3.05) is 18.4 Å². The number of H-pyrrole nitrogens is 2. The molecule has 0 bridgehead atoms. The summed E-state index contributed by atoms with van der Waals surface area (Å²) in [5.74, 6) is 1.04. The molecule has 3 heterocycles. The van der Waals surface area contributed by atoms with Gasteiger partial charge in [0.2, 0.25) is 5.91 Å². The zero-order chi connectivity index (χ0) is 21.2. The first-order chi connectivity index (χ1) is 15.2. The molecule has 1 saturated heterocycles. The molecule has 0 spiro atoms. The Morgan fingerprint density at radius 3 is 2.90 bits per heavy atom. The number of carbonyl (C=O) groups excluding carboxylic acids is 1. The second kappa shape index (κ2) is 8.31. The van der Waals surface area contributed by atoms with E-state index in [9.17, 15) is 4.79 Å². The third kappa shape index (κ3) is 3.94. The van der Waals surface area contributed by atoms with Gasteiger partial charge in [-0.05, 0) is 62.2 Å². The van der Waals surface area contributed by atoms with Crippen LogP contribution in [0.25, 0.3) is 33.5 Å². The van der Waals surface area contributed by atoms with Gasteiger partial charge in [-0.1, -0.05) is 19.1 Å². The summed E-state index contributed by atoms with van der Waals surface area (Å²) in [4.78, 5) is 17.1. The molecule has 8 heteroatoms. The molecule has 1 aliphatic heterocycles. The van der Waals surface area contributed by atoms with Crippen molar-refractivity contribution in [3.63, 3.8) is 0 Å². The Morgan fingerprint density at radius 1 is 1.16 bits per heavy atom. The van der Waals surface area contributed by atoms with E-state index in [1.54, 1.807) is 6.33 Å². The SMILES string of the molecule is CC(C(=O)Nc1cccc(-c2n[nH]c3ccc(-c4nc[nH]n4)cc23)c1)C1CCCNC1. The Hall–Kier alpha value is -3.52. The Morgan fingerprint density at radius 2 is 2.10 bits per heavy atom. The van der Waals surface area contributed by atoms with E-state index in [1.807, 2.05) is 49.4 Å². The maximum atomic E-state index is 12.8. The van der Waals surface area contributed by atoms with Crippen LogP contribution in [0.1, 0.15) is 19.8 Å². The first-order valence-electron chi connectivity index (χ1n) is 10.7. The third-order valence-electron chi connectivity index (χ3n) is 6.10. The molecule has 0 saturated carbocycles. The second-order valence-electron chi connectivity index (χ2n) is 8.12. The van der Waals surface area contributed by atoms with Crippen molar-refractivity contribution in [2.45, 2.75) is 19.8 Å². The molecule has 0 radical (unpaired) electrons. The number of nitrogens with zero attached hydrogens (tertiary/aromatic N) is 3. The van der Waals surface area contributed by atoms with Gasteiger partial charge in [0.25, 0.3) is 0 Å². The van der Waals surface area contributed by atoms with Crippen LogP contribution >= 0.6 is 0 Å².